The lowest BCUT2D eigenvalue weighted by atomic mass is 9.96. The van der Waals surface area contributed by atoms with E-state index in [0.717, 1.165) is 29.4 Å². The second-order valence-corrected chi connectivity index (χ2v) is 7.19. The molecule has 0 atom stereocenters. The minimum atomic E-state index is -0.587. The second-order valence-electron chi connectivity index (χ2n) is 6.76. The Balaban J connectivity index is 1.58. The third kappa shape index (κ3) is 3.01. The molecule has 0 bridgehead atoms. The van der Waals surface area contributed by atoms with Crippen LogP contribution in [0.25, 0.3) is 11.0 Å². The average Bonchev–Trinajstić information content (AvgIpc) is 3.41. The summed E-state index contributed by atoms with van der Waals surface area (Å²) in [6, 6.07) is 14.3. The molecule has 1 heterocycles. The van der Waals surface area contributed by atoms with Crippen molar-refractivity contribution in [2.75, 3.05) is 0 Å². The molecule has 4 nitrogen and oxygen atoms in total. The summed E-state index contributed by atoms with van der Waals surface area (Å²) in [6.07, 6.45) is 1.51. The maximum absolute atomic E-state index is 12.7. The molecule has 1 fully saturated rings. The van der Waals surface area contributed by atoms with Crippen LogP contribution >= 0.6 is 11.6 Å². The average molecular weight is 369 g/mol. The molecule has 132 valence electrons. The number of ether oxygens (including phenoxy) is 1. The van der Waals surface area contributed by atoms with Crippen molar-refractivity contribution in [2.24, 2.45) is 0 Å². The molecule has 3 aromatic rings. The van der Waals surface area contributed by atoms with Crippen LogP contribution in [0.1, 0.15) is 29.5 Å². The van der Waals surface area contributed by atoms with Crippen LogP contribution in [0.5, 0.6) is 0 Å². The van der Waals surface area contributed by atoms with Crippen LogP contribution in [-0.4, -0.2) is 5.97 Å². The Hall–Kier alpha value is -2.59. The lowest BCUT2D eigenvalue weighted by molar-refractivity contribution is -0.148. The van der Waals surface area contributed by atoms with Gasteiger partial charge in [-0.3, -0.25) is 4.79 Å². The summed E-state index contributed by atoms with van der Waals surface area (Å²) >= 11 is 5.93. The second kappa shape index (κ2) is 6.29. The summed E-state index contributed by atoms with van der Waals surface area (Å²) in [5.74, 6) is -0.270. The van der Waals surface area contributed by atoms with E-state index in [1.54, 1.807) is 18.2 Å². The van der Waals surface area contributed by atoms with Gasteiger partial charge in [0.2, 0.25) is 0 Å². The largest absolute Gasteiger partial charge is 0.460 e. The summed E-state index contributed by atoms with van der Waals surface area (Å²) < 4.78 is 10.8. The molecule has 4 rings (SSSR count). The molecule has 0 saturated heterocycles. The van der Waals surface area contributed by atoms with Crippen molar-refractivity contribution in [2.45, 2.75) is 31.8 Å². The van der Waals surface area contributed by atoms with Gasteiger partial charge in [0.25, 0.3) is 0 Å². The predicted octanol–water partition coefficient (Wildman–Crippen LogP) is 4.53. The first-order valence-corrected chi connectivity index (χ1v) is 8.82. The predicted molar refractivity (Wildman–Crippen MR) is 99.4 cm³/mol. The maximum atomic E-state index is 12.7. The molecule has 0 radical (unpaired) electrons. The van der Waals surface area contributed by atoms with Gasteiger partial charge in [-0.15, -0.1) is 0 Å². The van der Waals surface area contributed by atoms with Crippen molar-refractivity contribution in [1.29, 1.82) is 0 Å². The van der Waals surface area contributed by atoms with Crippen LogP contribution in [0, 0.1) is 6.92 Å². The molecule has 0 amide bonds. The third-order valence-electron chi connectivity index (χ3n) is 4.88. The summed E-state index contributed by atoms with van der Waals surface area (Å²) in [6.45, 7) is 1.97. The minimum absolute atomic E-state index is 0.0410. The topological polar surface area (TPSA) is 56.5 Å². The SMILES string of the molecule is Cc1ccc2c(COC(=O)C3(c4ccc(Cl)cc4)CC3)cc(=O)oc2c1. The van der Waals surface area contributed by atoms with E-state index in [1.165, 1.54) is 6.07 Å². The Kier molecular flexibility index (Phi) is 4.08. The minimum Gasteiger partial charge on any atom is -0.460 e. The van der Waals surface area contributed by atoms with E-state index in [2.05, 4.69) is 0 Å². The number of hydrogen-bond acceptors (Lipinski definition) is 4. The maximum Gasteiger partial charge on any atom is 0.336 e. The first-order valence-electron chi connectivity index (χ1n) is 8.45. The molecular weight excluding hydrogens is 352 g/mol. The van der Waals surface area contributed by atoms with Gasteiger partial charge in [-0.1, -0.05) is 35.9 Å². The number of halogens is 1. The number of benzene rings is 2. The first-order chi connectivity index (χ1) is 12.5. The number of carbonyl (C=O) groups is 1. The van der Waals surface area contributed by atoms with Crippen molar-refractivity contribution in [3.8, 4) is 0 Å². The van der Waals surface area contributed by atoms with E-state index >= 15 is 0 Å². The fraction of sp³-hybridized carbons (Fsp3) is 0.238. The van der Waals surface area contributed by atoms with Crippen LogP contribution in [0.4, 0.5) is 0 Å². The molecule has 0 aliphatic heterocycles. The highest BCUT2D eigenvalue weighted by molar-refractivity contribution is 6.30. The van der Waals surface area contributed by atoms with E-state index in [4.69, 9.17) is 20.8 Å². The van der Waals surface area contributed by atoms with Gasteiger partial charge in [-0.05, 0) is 49.1 Å². The molecular formula is C21H17ClO4. The van der Waals surface area contributed by atoms with Gasteiger partial charge >= 0.3 is 11.6 Å². The van der Waals surface area contributed by atoms with E-state index < -0.39 is 11.0 Å². The monoisotopic (exact) mass is 368 g/mol. The zero-order valence-corrected chi connectivity index (χ0v) is 15.0. The number of aryl methyl sites for hydroxylation is 1. The molecule has 26 heavy (non-hydrogen) atoms. The molecule has 1 aliphatic carbocycles. The van der Waals surface area contributed by atoms with Crippen molar-refractivity contribution >= 4 is 28.5 Å². The van der Waals surface area contributed by atoms with Crippen molar-refractivity contribution in [1.82, 2.24) is 0 Å². The molecule has 5 heteroatoms. The van der Waals surface area contributed by atoms with Gasteiger partial charge in [0.05, 0.1) is 5.41 Å². The quantitative estimate of drug-likeness (QED) is 0.501. The fourth-order valence-corrected chi connectivity index (χ4v) is 3.37. The number of esters is 1. The first kappa shape index (κ1) is 16.9. The molecule has 0 spiro atoms. The highest BCUT2D eigenvalue weighted by Gasteiger charge is 2.52. The van der Waals surface area contributed by atoms with Gasteiger partial charge in [-0.25, -0.2) is 4.79 Å². The van der Waals surface area contributed by atoms with Crippen molar-refractivity contribution < 1.29 is 13.9 Å². The fourth-order valence-electron chi connectivity index (χ4n) is 3.24. The highest BCUT2D eigenvalue weighted by Crippen LogP contribution is 2.49. The van der Waals surface area contributed by atoms with Gasteiger partial charge in [-0.2, -0.15) is 0 Å². The summed E-state index contributed by atoms with van der Waals surface area (Å²) in [7, 11) is 0. The summed E-state index contributed by atoms with van der Waals surface area (Å²) in [4.78, 5) is 24.5. The van der Waals surface area contributed by atoms with E-state index in [1.807, 2.05) is 31.2 Å². The number of fused-ring (bicyclic) bond motifs is 1. The summed E-state index contributed by atoms with van der Waals surface area (Å²) in [5.41, 5.74) is 2.03. The molecule has 0 N–H and O–H groups in total. The Morgan fingerprint density at radius 2 is 1.88 bits per heavy atom. The van der Waals surface area contributed by atoms with Crippen LogP contribution < -0.4 is 5.63 Å². The van der Waals surface area contributed by atoms with E-state index in [-0.39, 0.29) is 12.6 Å². The lowest BCUT2D eigenvalue weighted by Gasteiger charge is -2.15. The number of carbonyl (C=O) groups excluding carboxylic acids is 1. The molecule has 0 unspecified atom stereocenters. The van der Waals surface area contributed by atoms with Crippen LogP contribution in [0.15, 0.2) is 57.7 Å². The van der Waals surface area contributed by atoms with Gasteiger partial charge in [0, 0.05) is 22.0 Å². The molecule has 1 aliphatic rings. The van der Waals surface area contributed by atoms with Crippen molar-refractivity contribution in [3.63, 3.8) is 0 Å². The van der Waals surface area contributed by atoms with Gasteiger partial charge in [0.1, 0.15) is 12.2 Å². The zero-order valence-electron chi connectivity index (χ0n) is 14.3. The van der Waals surface area contributed by atoms with Crippen LogP contribution in [0.2, 0.25) is 5.02 Å². The molecule has 2 aromatic carbocycles. The highest BCUT2D eigenvalue weighted by atomic mass is 35.5. The van der Waals surface area contributed by atoms with Crippen LogP contribution in [0.3, 0.4) is 0 Å². The lowest BCUT2D eigenvalue weighted by Crippen LogP contribution is -2.23. The Morgan fingerprint density at radius 3 is 2.58 bits per heavy atom. The Morgan fingerprint density at radius 1 is 1.15 bits per heavy atom. The standard InChI is InChI=1S/C21H17ClO4/c1-13-2-7-17-14(11-19(23)26-18(17)10-13)12-25-20(24)21(8-9-21)15-3-5-16(22)6-4-15/h2-7,10-11H,8-9,12H2,1H3. The smallest absolute Gasteiger partial charge is 0.336 e. The van der Waals surface area contributed by atoms with Gasteiger partial charge < -0.3 is 9.15 Å². The Labute approximate surface area is 155 Å². The molecule has 1 aromatic heterocycles. The van der Waals surface area contributed by atoms with E-state index in [9.17, 15) is 9.59 Å². The Bertz CT molecular complexity index is 1050. The van der Waals surface area contributed by atoms with Crippen molar-refractivity contribution in [3.05, 3.63) is 80.7 Å². The number of hydrogen-bond donors (Lipinski definition) is 0. The molecule has 1 saturated carbocycles. The van der Waals surface area contributed by atoms with Gasteiger partial charge in [0.15, 0.2) is 0 Å². The third-order valence-corrected chi connectivity index (χ3v) is 5.13. The van der Waals surface area contributed by atoms with Crippen LogP contribution in [-0.2, 0) is 21.6 Å². The van der Waals surface area contributed by atoms with E-state index in [0.29, 0.717) is 16.2 Å². The normalized spacial score (nSPS) is 15.0. The zero-order chi connectivity index (χ0) is 18.3. The number of rotatable bonds is 4. The summed E-state index contributed by atoms with van der Waals surface area (Å²) in [5, 5.41) is 1.41.